The quantitative estimate of drug-likeness (QED) is 0.590. The maximum absolute atomic E-state index is 12.3. The number of hydrogen-bond acceptors (Lipinski definition) is 4. The summed E-state index contributed by atoms with van der Waals surface area (Å²) in [5, 5.41) is 0. The van der Waals surface area contributed by atoms with E-state index in [2.05, 4.69) is 4.90 Å². The van der Waals surface area contributed by atoms with Crippen LogP contribution in [0.3, 0.4) is 0 Å². The van der Waals surface area contributed by atoms with Crippen molar-refractivity contribution in [2.75, 3.05) is 45.2 Å². The molecule has 0 aliphatic carbocycles. The minimum atomic E-state index is -0.0424. The van der Waals surface area contributed by atoms with E-state index in [9.17, 15) is 9.59 Å². The fourth-order valence-corrected chi connectivity index (χ4v) is 2.61. The van der Waals surface area contributed by atoms with Gasteiger partial charge in [0.2, 0.25) is 5.91 Å². The van der Waals surface area contributed by atoms with Crippen LogP contribution in [0.4, 0.5) is 0 Å². The number of piperazine rings is 1. The van der Waals surface area contributed by atoms with E-state index in [4.69, 9.17) is 16.3 Å². The number of carbonyl (C=O) groups excluding carboxylic acids is 2. The highest BCUT2D eigenvalue weighted by atomic mass is 35.5. The first-order valence-electron chi connectivity index (χ1n) is 7.46. The van der Waals surface area contributed by atoms with Crippen molar-refractivity contribution >= 4 is 23.3 Å². The molecule has 120 valence electrons. The zero-order valence-corrected chi connectivity index (χ0v) is 13.5. The summed E-state index contributed by atoms with van der Waals surface area (Å²) in [6, 6.07) is 7.21. The number of ether oxygens (including phenoxy) is 1. The van der Waals surface area contributed by atoms with Crippen molar-refractivity contribution in [2.24, 2.45) is 0 Å². The SMILES string of the molecule is CCOc1ccc(C(=O)CN2CCN(C(=O)CCl)CC2)cc1. The molecule has 5 nitrogen and oxygen atoms in total. The summed E-state index contributed by atoms with van der Waals surface area (Å²) in [5.74, 6) is 0.831. The number of benzene rings is 1. The highest BCUT2D eigenvalue weighted by Crippen LogP contribution is 2.13. The Morgan fingerprint density at radius 3 is 2.32 bits per heavy atom. The molecule has 0 N–H and O–H groups in total. The van der Waals surface area contributed by atoms with Crippen molar-refractivity contribution in [3.8, 4) is 5.75 Å². The van der Waals surface area contributed by atoms with E-state index in [-0.39, 0.29) is 17.6 Å². The summed E-state index contributed by atoms with van der Waals surface area (Å²) in [4.78, 5) is 27.6. The number of hydrogen-bond donors (Lipinski definition) is 0. The first-order chi connectivity index (χ1) is 10.6. The lowest BCUT2D eigenvalue weighted by molar-refractivity contribution is -0.130. The molecule has 0 saturated carbocycles. The van der Waals surface area contributed by atoms with E-state index in [1.165, 1.54) is 0 Å². The second-order valence-corrected chi connectivity index (χ2v) is 5.44. The summed E-state index contributed by atoms with van der Waals surface area (Å²) >= 11 is 5.55. The van der Waals surface area contributed by atoms with Crippen molar-refractivity contribution in [3.63, 3.8) is 0 Å². The van der Waals surface area contributed by atoms with Gasteiger partial charge in [0.1, 0.15) is 11.6 Å². The smallest absolute Gasteiger partial charge is 0.237 e. The molecule has 0 bridgehead atoms. The zero-order chi connectivity index (χ0) is 15.9. The van der Waals surface area contributed by atoms with E-state index in [0.29, 0.717) is 44.9 Å². The van der Waals surface area contributed by atoms with Crippen LogP contribution >= 0.6 is 11.6 Å². The molecule has 0 radical (unpaired) electrons. The van der Waals surface area contributed by atoms with E-state index in [0.717, 1.165) is 5.75 Å². The molecule has 0 unspecified atom stereocenters. The summed E-state index contributed by atoms with van der Waals surface area (Å²) < 4.78 is 5.37. The number of rotatable bonds is 6. The van der Waals surface area contributed by atoms with Gasteiger partial charge in [-0.2, -0.15) is 0 Å². The van der Waals surface area contributed by atoms with Crippen LogP contribution in [0.1, 0.15) is 17.3 Å². The molecule has 1 amide bonds. The summed E-state index contributed by atoms with van der Waals surface area (Å²) in [6.45, 7) is 5.56. The Labute approximate surface area is 135 Å². The minimum absolute atomic E-state index is 0.0190. The summed E-state index contributed by atoms with van der Waals surface area (Å²) in [6.07, 6.45) is 0. The number of amides is 1. The van der Waals surface area contributed by atoms with Crippen molar-refractivity contribution in [1.29, 1.82) is 0 Å². The third-order valence-electron chi connectivity index (χ3n) is 3.69. The van der Waals surface area contributed by atoms with E-state index in [1.54, 1.807) is 17.0 Å². The van der Waals surface area contributed by atoms with Gasteiger partial charge in [0.05, 0.1) is 13.2 Å². The topological polar surface area (TPSA) is 49.9 Å². The number of halogens is 1. The van der Waals surface area contributed by atoms with Crippen LogP contribution in [-0.2, 0) is 4.79 Å². The van der Waals surface area contributed by atoms with Crippen LogP contribution in [0.2, 0.25) is 0 Å². The average Bonchev–Trinajstić information content (AvgIpc) is 2.55. The third kappa shape index (κ3) is 4.45. The maximum atomic E-state index is 12.3. The highest BCUT2D eigenvalue weighted by molar-refractivity contribution is 6.27. The standard InChI is InChI=1S/C16H21ClN2O3/c1-2-22-14-5-3-13(4-6-14)15(20)12-18-7-9-19(10-8-18)16(21)11-17/h3-6H,2,7-12H2,1H3. The second-order valence-electron chi connectivity index (χ2n) is 5.17. The Hall–Kier alpha value is -1.59. The highest BCUT2D eigenvalue weighted by Gasteiger charge is 2.22. The van der Waals surface area contributed by atoms with E-state index in [1.807, 2.05) is 19.1 Å². The Morgan fingerprint density at radius 2 is 1.77 bits per heavy atom. The van der Waals surface area contributed by atoms with Gasteiger partial charge in [-0.15, -0.1) is 11.6 Å². The van der Waals surface area contributed by atoms with Gasteiger partial charge in [0.25, 0.3) is 0 Å². The summed E-state index contributed by atoms with van der Waals surface area (Å²) in [7, 11) is 0. The second kappa shape index (κ2) is 8.15. The predicted molar refractivity (Wildman–Crippen MR) is 85.7 cm³/mol. The molecular weight excluding hydrogens is 304 g/mol. The zero-order valence-electron chi connectivity index (χ0n) is 12.8. The normalized spacial score (nSPS) is 15.6. The fourth-order valence-electron chi connectivity index (χ4n) is 2.44. The van der Waals surface area contributed by atoms with Gasteiger partial charge in [-0.05, 0) is 31.2 Å². The van der Waals surface area contributed by atoms with Crippen LogP contribution in [0, 0.1) is 0 Å². The van der Waals surface area contributed by atoms with Crippen LogP contribution in [0.5, 0.6) is 5.75 Å². The molecule has 1 fully saturated rings. The van der Waals surface area contributed by atoms with Crippen molar-refractivity contribution in [2.45, 2.75) is 6.92 Å². The number of carbonyl (C=O) groups is 2. The lowest BCUT2D eigenvalue weighted by atomic mass is 10.1. The van der Waals surface area contributed by atoms with E-state index >= 15 is 0 Å². The van der Waals surface area contributed by atoms with Gasteiger partial charge < -0.3 is 9.64 Å². The molecule has 1 heterocycles. The molecule has 0 aromatic heterocycles. The Balaban J connectivity index is 1.84. The molecule has 1 aliphatic heterocycles. The monoisotopic (exact) mass is 324 g/mol. The minimum Gasteiger partial charge on any atom is -0.494 e. The van der Waals surface area contributed by atoms with Crippen LogP contribution in [0.15, 0.2) is 24.3 Å². The Morgan fingerprint density at radius 1 is 1.14 bits per heavy atom. The molecule has 1 aromatic rings. The van der Waals surface area contributed by atoms with Crippen molar-refractivity contribution in [1.82, 2.24) is 9.80 Å². The molecule has 1 saturated heterocycles. The fraction of sp³-hybridized carbons (Fsp3) is 0.500. The van der Waals surface area contributed by atoms with Gasteiger partial charge in [0.15, 0.2) is 5.78 Å². The van der Waals surface area contributed by atoms with Crippen molar-refractivity contribution < 1.29 is 14.3 Å². The number of Topliss-reactive ketones (excluding diaryl/α,β-unsaturated/α-hetero) is 1. The molecule has 0 spiro atoms. The van der Waals surface area contributed by atoms with Gasteiger partial charge in [0, 0.05) is 31.7 Å². The Kier molecular flexibility index (Phi) is 6.21. The van der Waals surface area contributed by atoms with Crippen LogP contribution in [-0.4, -0.2) is 66.7 Å². The number of alkyl halides is 1. The molecule has 1 aromatic carbocycles. The molecule has 2 rings (SSSR count). The lowest BCUT2D eigenvalue weighted by Gasteiger charge is -2.34. The molecular formula is C16H21ClN2O3. The predicted octanol–water partition coefficient (Wildman–Crippen LogP) is 1.65. The van der Waals surface area contributed by atoms with Gasteiger partial charge >= 0.3 is 0 Å². The van der Waals surface area contributed by atoms with Crippen molar-refractivity contribution in [3.05, 3.63) is 29.8 Å². The molecule has 1 aliphatic rings. The van der Waals surface area contributed by atoms with E-state index < -0.39 is 0 Å². The molecule has 22 heavy (non-hydrogen) atoms. The average molecular weight is 325 g/mol. The third-order valence-corrected chi connectivity index (χ3v) is 3.92. The largest absolute Gasteiger partial charge is 0.494 e. The van der Waals surface area contributed by atoms with Gasteiger partial charge in [-0.25, -0.2) is 0 Å². The maximum Gasteiger partial charge on any atom is 0.237 e. The lowest BCUT2D eigenvalue weighted by Crippen LogP contribution is -2.50. The van der Waals surface area contributed by atoms with Crippen LogP contribution < -0.4 is 4.74 Å². The van der Waals surface area contributed by atoms with Crippen LogP contribution in [0.25, 0.3) is 0 Å². The van der Waals surface area contributed by atoms with Gasteiger partial charge in [-0.3, -0.25) is 14.5 Å². The number of nitrogens with zero attached hydrogens (tertiary/aromatic N) is 2. The molecule has 0 atom stereocenters. The number of ketones is 1. The molecule has 6 heteroatoms. The first-order valence-corrected chi connectivity index (χ1v) is 7.99. The summed E-state index contributed by atoms with van der Waals surface area (Å²) in [5.41, 5.74) is 0.683. The Bertz CT molecular complexity index is 511. The first kappa shape index (κ1) is 16.8. The van der Waals surface area contributed by atoms with Gasteiger partial charge in [-0.1, -0.05) is 0 Å².